The minimum Gasteiger partial charge on any atom is -0.487 e. The lowest BCUT2D eigenvalue weighted by Crippen LogP contribution is -2.46. The van der Waals surface area contributed by atoms with Crippen molar-refractivity contribution in [3.63, 3.8) is 0 Å². The van der Waals surface area contributed by atoms with Crippen molar-refractivity contribution in [3.05, 3.63) is 82.9 Å². The monoisotopic (exact) mass is 753 g/mol. The lowest BCUT2D eigenvalue weighted by molar-refractivity contribution is 0.0171. The second kappa shape index (κ2) is 18.1. The predicted octanol–water partition coefficient (Wildman–Crippen LogP) is 4.82. The molecule has 0 fully saturated rings. The summed E-state index contributed by atoms with van der Waals surface area (Å²) in [7, 11) is 0. The Morgan fingerprint density at radius 1 is 0.491 bits per heavy atom. The van der Waals surface area contributed by atoms with Gasteiger partial charge in [-0.05, 0) is 53.6 Å². The Bertz CT molecular complexity index is 1920. The molecule has 0 unspecified atom stereocenters. The van der Waals surface area contributed by atoms with Crippen LogP contribution in [0.25, 0.3) is 21.5 Å². The number of hydrogen-bond donors (Lipinski definition) is 0. The van der Waals surface area contributed by atoms with E-state index in [9.17, 15) is 19.2 Å². The van der Waals surface area contributed by atoms with Gasteiger partial charge in [-0.15, -0.1) is 0 Å². The highest BCUT2D eigenvalue weighted by atomic mass is 16.6. The molecule has 0 aliphatic carbocycles. The zero-order chi connectivity index (χ0) is 38.1. The van der Waals surface area contributed by atoms with Crippen LogP contribution in [0.3, 0.4) is 0 Å². The molecule has 0 saturated carbocycles. The van der Waals surface area contributed by atoms with Crippen LogP contribution in [0.4, 0.5) is 0 Å². The highest BCUT2D eigenvalue weighted by molar-refractivity contribution is 6.33. The predicted molar refractivity (Wildman–Crippen MR) is 204 cm³/mol. The van der Waals surface area contributed by atoms with Crippen LogP contribution in [0.15, 0.2) is 60.7 Å². The van der Waals surface area contributed by atoms with Crippen molar-refractivity contribution in [2.24, 2.45) is 0 Å². The second-order valence-corrected chi connectivity index (χ2v) is 13.6. The maximum atomic E-state index is 13.9. The molecule has 13 nitrogen and oxygen atoms in total. The summed E-state index contributed by atoms with van der Waals surface area (Å²) in [5.41, 5.74) is 1.28. The highest BCUT2D eigenvalue weighted by Gasteiger charge is 2.39. The fourth-order valence-electron chi connectivity index (χ4n) is 7.15. The van der Waals surface area contributed by atoms with Gasteiger partial charge >= 0.3 is 0 Å². The molecule has 4 amide bonds. The molecule has 4 aromatic carbocycles. The van der Waals surface area contributed by atoms with Gasteiger partial charge in [0.15, 0.2) is 11.5 Å². The maximum Gasteiger partial charge on any atom is 0.261 e. The number of imide groups is 2. The number of carbonyl (C=O) groups is 4. The zero-order valence-electron chi connectivity index (χ0n) is 31.2. The van der Waals surface area contributed by atoms with E-state index in [-0.39, 0.29) is 6.54 Å². The summed E-state index contributed by atoms with van der Waals surface area (Å²) in [5, 5.41) is 2.87. The van der Waals surface area contributed by atoms with Crippen molar-refractivity contribution < 1.29 is 47.6 Å². The molecule has 0 N–H and O–H groups in total. The molecule has 0 radical (unpaired) electrons. The smallest absolute Gasteiger partial charge is 0.261 e. The van der Waals surface area contributed by atoms with Crippen LogP contribution >= 0.6 is 0 Å². The Kier molecular flexibility index (Phi) is 12.7. The van der Waals surface area contributed by atoms with E-state index in [1.54, 1.807) is 24.3 Å². The summed E-state index contributed by atoms with van der Waals surface area (Å²) in [6, 6.07) is 18.4. The number of nitrogens with zero attached hydrogens (tertiary/aromatic N) is 3. The molecule has 3 heterocycles. The first-order valence-electron chi connectivity index (χ1n) is 19.1. The Hall–Kier alpha value is -4.92. The molecule has 3 aliphatic rings. The van der Waals surface area contributed by atoms with E-state index in [2.05, 4.69) is 4.90 Å². The molecular weight excluding hydrogens is 706 g/mol. The van der Waals surface area contributed by atoms with E-state index >= 15 is 0 Å². The number of hydrogen-bond acceptors (Lipinski definition) is 11. The number of amides is 4. The lowest BCUT2D eigenvalue weighted by Gasteiger charge is -2.33. The molecule has 0 atom stereocenters. The van der Waals surface area contributed by atoms with Gasteiger partial charge in [-0.25, -0.2) is 0 Å². The number of carbonyl (C=O) groups excluding carboxylic acids is 4. The molecule has 0 spiro atoms. The summed E-state index contributed by atoms with van der Waals surface area (Å²) in [6.45, 7) is 7.75. The zero-order valence-corrected chi connectivity index (χ0v) is 31.2. The van der Waals surface area contributed by atoms with Gasteiger partial charge in [-0.2, -0.15) is 0 Å². The van der Waals surface area contributed by atoms with Crippen LogP contribution in [0.5, 0.6) is 11.5 Å². The van der Waals surface area contributed by atoms with E-state index < -0.39 is 23.6 Å². The summed E-state index contributed by atoms with van der Waals surface area (Å²) < 4.78 is 35.3. The second-order valence-electron chi connectivity index (χ2n) is 13.6. The average molecular weight is 754 g/mol. The van der Waals surface area contributed by atoms with Crippen LogP contribution in [0.1, 0.15) is 61.2 Å². The molecule has 0 saturated heterocycles. The first-order valence-corrected chi connectivity index (χ1v) is 19.1. The third-order valence-electron chi connectivity index (χ3n) is 10.1. The minimum atomic E-state index is -0.454. The lowest BCUT2D eigenvalue weighted by atomic mass is 9.86. The Morgan fingerprint density at radius 3 is 1.33 bits per heavy atom. The molecular formula is C42H47N3O10. The Morgan fingerprint density at radius 2 is 0.891 bits per heavy atom. The average Bonchev–Trinajstić information content (AvgIpc) is 3.19. The first kappa shape index (κ1) is 38.4. The van der Waals surface area contributed by atoms with Crippen molar-refractivity contribution in [2.75, 3.05) is 98.8 Å². The van der Waals surface area contributed by atoms with Gasteiger partial charge in [0.05, 0.1) is 52.9 Å². The molecule has 3 aliphatic heterocycles. The number of unbranched alkanes of at least 4 members (excludes halogenated alkanes) is 1. The van der Waals surface area contributed by atoms with E-state index in [1.165, 1.54) is 9.80 Å². The van der Waals surface area contributed by atoms with Gasteiger partial charge in [0.1, 0.15) is 13.2 Å². The molecule has 0 aromatic heterocycles. The quantitative estimate of drug-likeness (QED) is 0.251. The summed E-state index contributed by atoms with van der Waals surface area (Å²) in [4.78, 5) is 59.1. The third kappa shape index (κ3) is 8.51. The number of rotatable bonds is 6. The van der Waals surface area contributed by atoms with Crippen LogP contribution in [0, 0.1) is 0 Å². The molecule has 7 rings (SSSR count). The van der Waals surface area contributed by atoms with Gasteiger partial charge in [0.2, 0.25) is 0 Å². The van der Waals surface area contributed by atoms with Gasteiger partial charge in [0, 0.05) is 65.8 Å². The molecule has 13 heteroatoms. The number of ether oxygens (including phenoxy) is 6. The van der Waals surface area contributed by atoms with Crippen LogP contribution in [-0.4, -0.2) is 137 Å². The van der Waals surface area contributed by atoms with Gasteiger partial charge in [-0.1, -0.05) is 37.6 Å². The third-order valence-corrected chi connectivity index (χ3v) is 10.1. The van der Waals surface area contributed by atoms with Crippen LogP contribution in [0.2, 0.25) is 0 Å². The maximum absolute atomic E-state index is 13.9. The summed E-state index contributed by atoms with van der Waals surface area (Å²) in [5.74, 6) is -0.417. The molecule has 4 aromatic rings. The minimum absolute atomic E-state index is 0.134. The van der Waals surface area contributed by atoms with Crippen molar-refractivity contribution in [3.8, 4) is 11.5 Å². The van der Waals surface area contributed by atoms with Crippen LogP contribution in [-0.2, 0) is 18.9 Å². The van der Waals surface area contributed by atoms with Crippen molar-refractivity contribution in [1.29, 1.82) is 0 Å². The summed E-state index contributed by atoms with van der Waals surface area (Å²) in [6.07, 6.45) is 1.52. The SMILES string of the molecule is CCCCN1C(=O)c2ccc3c4c(ccc(c24)C1=O)C(=O)N(CCN1CCOCCOCCOc2cc4ccccc4cc2OCCOCCOCC1)C3=O. The Labute approximate surface area is 319 Å². The van der Waals surface area contributed by atoms with E-state index in [4.69, 9.17) is 28.4 Å². The van der Waals surface area contributed by atoms with Gasteiger partial charge in [-0.3, -0.25) is 33.9 Å². The largest absolute Gasteiger partial charge is 0.487 e. The van der Waals surface area contributed by atoms with E-state index in [1.807, 2.05) is 43.3 Å². The van der Waals surface area contributed by atoms with Crippen molar-refractivity contribution in [2.45, 2.75) is 19.8 Å². The fourth-order valence-corrected chi connectivity index (χ4v) is 7.15. The van der Waals surface area contributed by atoms with Gasteiger partial charge < -0.3 is 28.4 Å². The summed E-state index contributed by atoms with van der Waals surface area (Å²) >= 11 is 0. The van der Waals surface area contributed by atoms with Crippen molar-refractivity contribution >= 4 is 45.2 Å². The number of fused-ring (bicyclic) bond motifs is 2. The van der Waals surface area contributed by atoms with E-state index in [0.717, 1.165) is 17.2 Å². The first-order chi connectivity index (χ1) is 27.0. The molecule has 55 heavy (non-hydrogen) atoms. The molecule has 290 valence electrons. The topological polar surface area (TPSA) is 133 Å². The van der Waals surface area contributed by atoms with Crippen molar-refractivity contribution in [1.82, 2.24) is 14.7 Å². The standard InChI is InChI=1S/C42H47N3O10/c1-2-3-12-44-39(46)31-8-10-33-38-34(11-9-32(37(31)38)40(44)47)42(49)45(41(33)48)14-13-43-15-17-50-19-21-52-23-25-54-35-27-29-6-4-5-7-30(29)28-36(35)55-26-24-53-22-20-51-18-16-43/h4-11,27-28H,2-3,12-26H2,1H3. The van der Waals surface area contributed by atoms with Gasteiger partial charge in [0.25, 0.3) is 23.6 Å². The highest BCUT2D eigenvalue weighted by Crippen LogP contribution is 2.38. The Balaban J connectivity index is 0.964. The molecule has 0 bridgehead atoms. The number of benzene rings is 4. The van der Waals surface area contributed by atoms with Crippen LogP contribution < -0.4 is 9.47 Å². The van der Waals surface area contributed by atoms with E-state index in [0.29, 0.717) is 143 Å². The fraction of sp³-hybridized carbons (Fsp3) is 0.429. The normalized spacial score (nSPS) is 18.5.